The van der Waals surface area contributed by atoms with Crippen LogP contribution in [0, 0.1) is 6.92 Å². The van der Waals surface area contributed by atoms with E-state index in [1.54, 1.807) is 0 Å². The van der Waals surface area contributed by atoms with Crippen molar-refractivity contribution < 1.29 is 14.3 Å². The number of ether oxygens (including phenoxy) is 2. The van der Waals surface area contributed by atoms with Crippen molar-refractivity contribution in [2.24, 2.45) is 0 Å². The minimum atomic E-state index is -0.331. The predicted molar refractivity (Wildman–Crippen MR) is 213 cm³/mol. The number of ketones is 1. The Morgan fingerprint density at radius 3 is 1.51 bits per heavy atom. The zero-order valence-electron chi connectivity index (χ0n) is 28.6. The molecule has 0 atom stereocenters. The van der Waals surface area contributed by atoms with Gasteiger partial charge in [-0.15, -0.1) is 0 Å². The predicted octanol–water partition coefficient (Wildman–Crippen LogP) is 11.6. The van der Waals surface area contributed by atoms with E-state index in [1.165, 1.54) is 32.7 Å². The lowest BCUT2D eigenvalue weighted by Gasteiger charge is -2.21. The van der Waals surface area contributed by atoms with Gasteiger partial charge >= 0.3 is 0 Å². The highest BCUT2D eigenvalue weighted by Gasteiger charge is 2.31. The van der Waals surface area contributed by atoms with E-state index in [4.69, 9.17) is 9.47 Å². The topological polar surface area (TPSA) is 45.4 Å². The Morgan fingerprint density at radius 1 is 0.472 bits per heavy atom. The van der Waals surface area contributed by atoms with Crippen molar-refractivity contribution in [2.75, 3.05) is 0 Å². The van der Waals surface area contributed by atoms with Gasteiger partial charge in [0.25, 0.3) is 5.78 Å². The van der Waals surface area contributed by atoms with E-state index in [0.717, 1.165) is 61.3 Å². The van der Waals surface area contributed by atoms with Gasteiger partial charge in [0.1, 0.15) is 0 Å². The molecule has 0 N–H and O–H groups in total. The van der Waals surface area contributed by atoms with E-state index in [2.05, 4.69) is 130 Å². The van der Waals surface area contributed by atoms with E-state index in [0.29, 0.717) is 11.5 Å². The average Bonchev–Trinajstić information content (AvgIpc) is 3.55. The lowest BCUT2D eigenvalue weighted by molar-refractivity contribution is -0.115. The van der Waals surface area contributed by atoms with Crippen molar-refractivity contribution in [3.63, 3.8) is 0 Å². The van der Waals surface area contributed by atoms with Crippen LogP contribution in [0.1, 0.15) is 16.7 Å². The largest absolute Gasteiger partial charge is 0.449 e. The highest BCUT2D eigenvalue weighted by molar-refractivity contribution is 6.21. The smallest absolute Gasteiger partial charge is 0.263 e. The highest BCUT2D eigenvalue weighted by Crippen LogP contribution is 2.49. The summed E-state index contributed by atoms with van der Waals surface area (Å²) in [5.74, 6) is 1.05. The van der Waals surface area contributed by atoms with Gasteiger partial charge in [0, 0.05) is 43.8 Å². The molecule has 0 amide bonds. The van der Waals surface area contributed by atoms with Crippen LogP contribution < -0.4 is 9.47 Å². The maximum absolute atomic E-state index is 14.9. The number of nitrogens with zero attached hydrogens (tertiary/aromatic N) is 2. The van der Waals surface area contributed by atoms with Crippen molar-refractivity contribution in [2.45, 2.75) is 6.92 Å². The molecular weight excluding hydrogens is 653 g/mol. The van der Waals surface area contributed by atoms with Gasteiger partial charge in [-0.1, -0.05) is 103 Å². The Hall–Kier alpha value is -7.11. The molecule has 248 valence electrons. The summed E-state index contributed by atoms with van der Waals surface area (Å²) in [7, 11) is 0. The van der Waals surface area contributed by atoms with Crippen molar-refractivity contribution in [1.82, 2.24) is 9.13 Å². The number of hydrogen-bond acceptors (Lipinski definition) is 3. The summed E-state index contributed by atoms with van der Waals surface area (Å²) in [6.07, 6.45) is 3.77. The maximum atomic E-state index is 14.9. The molecule has 7 aromatic carbocycles. The van der Waals surface area contributed by atoms with Crippen molar-refractivity contribution in [1.29, 1.82) is 0 Å². The third kappa shape index (κ3) is 3.78. The SMILES string of the molecule is Cc1ccc2c(c1)O/C(=C\c1cccc3c1-n1c4ccccc4c4c-3cccc41)C(=O)/C(=C/c1cccc3c1-n1c4ccccc4c4c-3cccc41)O2. The second-order valence-corrected chi connectivity index (χ2v) is 14.1. The molecule has 0 radical (unpaired) electrons. The molecule has 5 heterocycles. The minimum absolute atomic E-state index is 0.193. The van der Waals surface area contributed by atoms with Crippen LogP contribution in [-0.4, -0.2) is 14.9 Å². The van der Waals surface area contributed by atoms with Crippen LogP contribution in [0.2, 0.25) is 0 Å². The second kappa shape index (κ2) is 10.2. The summed E-state index contributed by atoms with van der Waals surface area (Å²) in [6.45, 7) is 2.01. The van der Waals surface area contributed by atoms with E-state index in [9.17, 15) is 4.79 Å². The quantitative estimate of drug-likeness (QED) is 0.171. The number of benzene rings is 7. The Balaban J connectivity index is 1.08. The number of carbonyl (C=O) groups is 1. The average molecular weight is 681 g/mol. The Bertz CT molecular complexity index is 3190. The fourth-order valence-corrected chi connectivity index (χ4v) is 8.96. The number of aromatic nitrogens is 2. The number of rotatable bonds is 2. The molecular formula is C48H28N2O3. The Morgan fingerprint density at radius 2 is 0.943 bits per heavy atom. The molecule has 9 aromatic rings. The molecule has 12 rings (SSSR count). The van der Waals surface area contributed by atoms with Gasteiger partial charge < -0.3 is 18.6 Å². The summed E-state index contributed by atoms with van der Waals surface area (Å²) in [6, 6.07) is 48.3. The number of para-hydroxylation sites is 4. The molecule has 2 aromatic heterocycles. The third-order valence-electron chi connectivity index (χ3n) is 11.1. The minimum Gasteiger partial charge on any atom is -0.449 e. The third-order valence-corrected chi connectivity index (χ3v) is 11.1. The zero-order chi connectivity index (χ0) is 34.9. The van der Waals surface area contributed by atoms with Gasteiger partial charge in [-0.25, -0.2) is 0 Å². The molecule has 0 aliphatic carbocycles. The molecule has 0 saturated heterocycles. The summed E-state index contributed by atoms with van der Waals surface area (Å²) in [4.78, 5) is 14.9. The monoisotopic (exact) mass is 680 g/mol. The Labute approximate surface area is 303 Å². The molecule has 5 heteroatoms. The molecule has 5 nitrogen and oxygen atoms in total. The van der Waals surface area contributed by atoms with Crippen molar-refractivity contribution >= 4 is 61.5 Å². The summed E-state index contributed by atoms with van der Waals surface area (Å²) >= 11 is 0. The molecule has 8 bridgehead atoms. The molecule has 3 aliphatic rings. The van der Waals surface area contributed by atoms with Gasteiger partial charge in [0.2, 0.25) is 0 Å². The molecule has 53 heavy (non-hydrogen) atoms. The first-order valence-electron chi connectivity index (χ1n) is 17.9. The lowest BCUT2D eigenvalue weighted by atomic mass is 9.93. The molecule has 0 spiro atoms. The van der Waals surface area contributed by atoms with Gasteiger partial charge in [-0.3, -0.25) is 4.79 Å². The number of fused-ring (bicyclic) bond motifs is 11. The number of Topliss-reactive ketones (excluding diaryl/α,β-unsaturated/α-hetero) is 1. The summed E-state index contributed by atoms with van der Waals surface area (Å²) in [5, 5.41) is 4.91. The Kier molecular flexibility index (Phi) is 5.52. The van der Waals surface area contributed by atoms with E-state index in [1.807, 2.05) is 37.3 Å². The number of pyridine rings is 2. The van der Waals surface area contributed by atoms with Crippen LogP contribution in [0.15, 0.2) is 151 Å². The first-order chi connectivity index (χ1) is 26.1. The standard InChI is InChI=1S/C48H28N2O3/c1-27-22-23-40-41(24-27)53-43(26-29-11-7-17-33-31-15-9-21-39-45(31)35-13-3-5-19-37(35)50(39)47(29)33)48(51)42(52-40)25-28-10-6-16-32-30-14-8-20-38-44(30)34-12-2-4-18-36(34)49(38)46(28)32/h2-26H,1H3/b42-25-,43-26-. The van der Waals surface area contributed by atoms with E-state index in [-0.39, 0.29) is 17.3 Å². The van der Waals surface area contributed by atoms with E-state index < -0.39 is 0 Å². The van der Waals surface area contributed by atoms with Gasteiger partial charge in [0.15, 0.2) is 23.0 Å². The van der Waals surface area contributed by atoms with Gasteiger partial charge in [-0.2, -0.15) is 0 Å². The molecule has 0 saturated carbocycles. The van der Waals surface area contributed by atoms with Crippen LogP contribution >= 0.6 is 0 Å². The second-order valence-electron chi connectivity index (χ2n) is 14.1. The number of aryl methyl sites for hydroxylation is 1. The zero-order valence-corrected chi connectivity index (χ0v) is 28.6. The van der Waals surface area contributed by atoms with Gasteiger partial charge in [0.05, 0.1) is 33.4 Å². The first-order valence-corrected chi connectivity index (χ1v) is 17.9. The lowest BCUT2D eigenvalue weighted by Crippen LogP contribution is -2.13. The van der Waals surface area contributed by atoms with Crippen LogP contribution in [0.4, 0.5) is 0 Å². The van der Waals surface area contributed by atoms with Crippen LogP contribution in [0.5, 0.6) is 11.5 Å². The van der Waals surface area contributed by atoms with Gasteiger partial charge in [-0.05, 0) is 72.2 Å². The van der Waals surface area contributed by atoms with Crippen molar-refractivity contribution in [3.8, 4) is 45.1 Å². The first kappa shape index (κ1) is 28.6. The normalized spacial score (nSPS) is 15.3. The molecule has 0 fully saturated rings. The van der Waals surface area contributed by atoms with Crippen molar-refractivity contribution in [3.05, 3.63) is 168 Å². The fourth-order valence-electron chi connectivity index (χ4n) is 8.96. The summed E-state index contributed by atoms with van der Waals surface area (Å²) < 4.78 is 17.8. The van der Waals surface area contributed by atoms with Crippen LogP contribution in [0.3, 0.4) is 0 Å². The number of carbonyl (C=O) groups excluding carboxylic acids is 1. The molecule has 0 unspecified atom stereocenters. The van der Waals surface area contributed by atoms with E-state index >= 15 is 0 Å². The van der Waals surface area contributed by atoms with Crippen LogP contribution in [0.25, 0.3) is 89.4 Å². The highest BCUT2D eigenvalue weighted by atomic mass is 16.5. The van der Waals surface area contributed by atoms with Crippen LogP contribution in [-0.2, 0) is 4.79 Å². The maximum Gasteiger partial charge on any atom is 0.263 e. The summed E-state index contributed by atoms with van der Waals surface area (Å²) in [5.41, 5.74) is 14.0. The fraction of sp³-hybridized carbons (Fsp3) is 0.0208. The molecule has 3 aliphatic heterocycles. The number of hydrogen-bond donors (Lipinski definition) is 0.